The van der Waals surface area contributed by atoms with Gasteiger partial charge in [-0.15, -0.1) is 11.8 Å². The fraction of sp³-hybridized carbons (Fsp3) is 0.367. The van der Waals surface area contributed by atoms with Crippen molar-refractivity contribution in [3.63, 3.8) is 0 Å². The molecule has 3 aromatic carbocycles. The largest absolute Gasteiger partial charge is 0.322 e. The van der Waals surface area contributed by atoms with Gasteiger partial charge in [0.05, 0.1) is 5.56 Å². The van der Waals surface area contributed by atoms with E-state index in [0.717, 1.165) is 39.7 Å². The summed E-state index contributed by atoms with van der Waals surface area (Å²) in [5, 5.41) is 3.15. The minimum atomic E-state index is -0.0336. The van der Waals surface area contributed by atoms with Gasteiger partial charge in [0.25, 0.3) is 5.91 Å². The number of carbonyl (C=O) groups excluding carboxylic acids is 1. The Kier molecular flexibility index (Phi) is 5.54. The fourth-order valence-corrected chi connectivity index (χ4v) is 8.09. The third kappa shape index (κ3) is 4.24. The highest BCUT2D eigenvalue weighted by atomic mass is 32.2. The first-order valence-corrected chi connectivity index (χ1v) is 13.3. The van der Waals surface area contributed by atoms with Crippen molar-refractivity contribution in [1.29, 1.82) is 0 Å². The first-order valence-electron chi connectivity index (χ1n) is 12.3. The second kappa shape index (κ2) is 8.68. The summed E-state index contributed by atoms with van der Waals surface area (Å²) in [7, 11) is 0. The molecule has 1 N–H and O–H groups in total. The van der Waals surface area contributed by atoms with E-state index in [-0.39, 0.29) is 5.91 Å². The average Bonchev–Trinajstić information content (AvgIpc) is 2.83. The molecule has 33 heavy (non-hydrogen) atoms. The Bertz CT molecular complexity index is 1100. The first kappa shape index (κ1) is 21.0. The Hall–Kier alpha value is -2.52. The minimum Gasteiger partial charge on any atom is -0.322 e. The van der Waals surface area contributed by atoms with Crippen molar-refractivity contribution in [2.24, 2.45) is 17.8 Å². The van der Waals surface area contributed by atoms with Gasteiger partial charge in [-0.3, -0.25) is 4.79 Å². The van der Waals surface area contributed by atoms with Crippen LogP contribution in [0, 0.1) is 17.8 Å². The first-order chi connectivity index (χ1) is 16.2. The van der Waals surface area contributed by atoms with Crippen molar-refractivity contribution in [2.75, 3.05) is 5.32 Å². The molecule has 0 radical (unpaired) electrons. The second-order valence-corrected chi connectivity index (χ2v) is 11.5. The summed E-state index contributed by atoms with van der Waals surface area (Å²) in [5.41, 5.74) is 4.79. The predicted molar refractivity (Wildman–Crippen MR) is 137 cm³/mol. The lowest BCUT2D eigenvalue weighted by Crippen LogP contribution is -2.48. The highest BCUT2D eigenvalue weighted by Crippen LogP contribution is 2.60. The summed E-state index contributed by atoms with van der Waals surface area (Å²) >= 11 is 1.71. The van der Waals surface area contributed by atoms with E-state index >= 15 is 0 Å². The summed E-state index contributed by atoms with van der Waals surface area (Å²) in [6.07, 6.45) is 8.52. The number of rotatable bonds is 6. The zero-order chi connectivity index (χ0) is 22.3. The molecule has 1 amide bonds. The standard InChI is InChI=1S/C30H31NOS/c32-29(27-8-4-5-9-28(27)33-20-21-6-2-1-3-7-21)31-26-12-10-25(11-13-26)30-17-22-14-23(18-30)16-24(15-22)19-30/h1-13,22-24H,14-20H2,(H,31,32). The van der Waals surface area contributed by atoms with E-state index in [9.17, 15) is 4.79 Å². The molecular formula is C30H31NOS. The Labute approximate surface area is 201 Å². The number of anilines is 1. The number of nitrogens with one attached hydrogen (secondary N) is 1. The van der Waals surface area contributed by atoms with Crippen LogP contribution in [-0.4, -0.2) is 5.91 Å². The molecule has 0 unspecified atom stereocenters. The van der Waals surface area contributed by atoms with Gasteiger partial charge in [0.15, 0.2) is 0 Å². The van der Waals surface area contributed by atoms with Gasteiger partial charge >= 0.3 is 0 Å². The number of hydrogen-bond donors (Lipinski definition) is 1. The van der Waals surface area contributed by atoms with Gasteiger partial charge in [0.1, 0.15) is 0 Å². The summed E-state index contributed by atoms with van der Waals surface area (Å²) < 4.78 is 0. The zero-order valence-corrected chi connectivity index (χ0v) is 19.8. The lowest BCUT2D eigenvalue weighted by Gasteiger charge is -2.57. The van der Waals surface area contributed by atoms with Crippen molar-refractivity contribution < 1.29 is 4.79 Å². The Balaban J connectivity index is 1.15. The molecule has 4 aliphatic carbocycles. The third-order valence-electron chi connectivity index (χ3n) is 8.16. The van der Waals surface area contributed by atoms with E-state index in [0.29, 0.717) is 5.41 Å². The maximum absolute atomic E-state index is 13.1. The van der Waals surface area contributed by atoms with Crippen molar-refractivity contribution in [3.8, 4) is 0 Å². The van der Waals surface area contributed by atoms with Gasteiger partial charge in [-0.05, 0) is 97.1 Å². The van der Waals surface area contributed by atoms with Crippen molar-refractivity contribution in [1.82, 2.24) is 0 Å². The highest BCUT2D eigenvalue weighted by molar-refractivity contribution is 7.98. The summed E-state index contributed by atoms with van der Waals surface area (Å²) in [4.78, 5) is 14.1. The summed E-state index contributed by atoms with van der Waals surface area (Å²) in [6, 6.07) is 27.1. The molecule has 4 fully saturated rings. The molecular weight excluding hydrogens is 422 g/mol. The summed E-state index contributed by atoms with van der Waals surface area (Å²) in [5.74, 6) is 3.65. The monoisotopic (exact) mass is 453 g/mol. The predicted octanol–water partition coefficient (Wildman–Crippen LogP) is 7.70. The van der Waals surface area contributed by atoms with Crippen molar-refractivity contribution in [3.05, 3.63) is 95.6 Å². The Morgan fingerprint density at radius 3 is 2.06 bits per heavy atom. The van der Waals surface area contributed by atoms with E-state index < -0.39 is 0 Å². The number of benzene rings is 3. The van der Waals surface area contributed by atoms with E-state index in [2.05, 4.69) is 53.8 Å². The number of carbonyl (C=O) groups is 1. The van der Waals surface area contributed by atoms with E-state index in [1.807, 2.05) is 30.3 Å². The molecule has 0 aliphatic heterocycles. The maximum Gasteiger partial charge on any atom is 0.256 e. The zero-order valence-electron chi connectivity index (χ0n) is 19.0. The van der Waals surface area contributed by atoms with Crippen LogP contribution in [0.1, 0.15) is 60.0 Å². The van der Waals surface area contributed by atoms with Crippen LogP contribution in [-0.2, 0) is 11.2 Å². The van der Waals surface area contributed by atoms with E-state index in [4.69, 9.17) is 0 Å². The van der Waals surface area contributed by atoms with Gasteiger partial charge in [-0.25, -0.2) is 0 Å². The van der Waals surface area contributed by atoms with E-state index in [1.54, 1.807) is 11.8 Å². The quantitative estimate of drug-likeness (QED) is 0.387. The number of hydrogen-bond acceptors (Lipinski definition) is 2. The van der Waals surface area contributed by atoms with Gasteiger partial charge in [0, 0.05) is 16.3 Å². The smallest absolute Gasteiger partial charge is 0.256 e. The molecule has 168 valence electrons. The molecule has 4 aliphatic rings. The fourth-order valence-electron chi connectivity index (χ4n) is 7.09. The lowest BCUT2D eigenvalue weighted by atomic mass is 9.48. The Morgan fingerprint density at radius 2 is 1.39 bits per heavy atom. The van der Waals surface area contributed by atoms with Crippen molar-refractivity contribution >= 4 is 23.4 Å². The van der Waals surface area contributed by atoms with Gasteiger partial charge in [0.2, 0.25) is 0 Å². The highest BCUT2D eigenvalue weighted by Gasteiger charge is 2.51. The van der Waals surface area contributed by atoms with Crippen LogP contribution in [0.2, 0.25) is 0 Å². The van der Waals surface area contributed by atoms with Crippen LogP contribution in [0.3, 0.4) is 0 Å². The maximum atomic E-state index is 13.1. The molecule has 7 rings (SSSR count). The lowest BCUT2D eigenvalue weighted by molar-refractivity contribution is -0.00518. The normalized spacial score (nSPS) is 27.5. The van der Waals surface area contributed by atoms with E-state index in [1.165, 1.54) is 49.7 Å². The van der Waals surface area contributed by atoms with Crippen LogP contribution in [0.4, 0.5) is 5.69 Å². The molecule has 0 spiro atoms. The topological polar surface area (TPSA) is 29.1 Å². The molecule has 0 atom stereocenters. The van der Waals surface area contributed by atoms with Crippen molar-refractivity contribution in [2.45, 2.75) is 54.6 Å². The third-order valence-corrected chi connectivity index (χ3v) is 9.31. The molecule has 0 heterocycles. The molecule has 0 aromatic heterocycles. The molecule has 3 heteroatoms. The van der Waals surface area contributed by atoms with Gasteiger partial charge in [-0.2, -0.15) is 0 Å². The Morgan fingerprint density at radius 1 is 0.788 bits per heavy atom. The molecule has 4 saturated carbocycles. The van der Waals surface area contributed by atoms with Gasteiger partial charge in [-0.1, -0.05) is 54.6 Å². The minimum absolute atomic E-state index is 0.0336. The van der Waals surface area contributed by atoms with Crippen LogP contribution in [0.25, 0.3) is 0 Å². The summed E-state index contributed by atoms with van der Waals surface area (Å²) in [6.45, 7) is 0. The SMILES string of the molecule is O=C(Nc1ccc(C23CC4CC(CC(C4)C2)C3)cc1)c1ccccc1SCc1ccccc1. The molecule has 3 aromatic rings. The molecule has 0 saturated heterocycles. The van der Waals surface area contributed by atoms with Crippen LogP contribution < -0.4 is 5.32 Å². The van der Waals surface area contributed by atoms with Crippen LogP contribution in [0.15, 0.2) is 83.8 Å². The average molecular weight is 454 g/mol. The molecule has 2 nitrogen and oxygen atoms in total. The van der Waals surface area contributed by atoms with Crippen LogP contribution in [0.5, 0.6) is 0 Å². The van der Waals surface area contributed by atoms with Crippen LogP contribution >= 0.6 is 11.8 Å². The number of amides is 1. The van der Waals surface area contributed by atoms with Gasteiger partial charge < -0.3 is 5.32 Å². The molecule has 4 bridgehead atoms. The second-order valence-electron chi connectivity index (χ2n) is 10.5. The number of thioether (sulfide) groups is 1.